The van der Waals surface area contributed by atoms with E-state index in [2.05, 4.69) is 15.3 Å². The molecule has 9 nitrogen and oxygen atoms in total. The largest absolute Gasteiger partial charge is 0.462 e. The number of hydrogen-bond acceptors (Lipinski definition) is 7. The second-order valence-corrected chi connectivity index (χ2v) is 10.2. The Labute approximate surface area is 239 Å². The number of aromatic nitrogens is 2. The zero-order chi connectivity index (χ0) is 29.1. The van der Waals surface area contributed by atoms with Gasteiger partial charge in [-0.15, -0.1) is 0 Å². The highest BCUT2D eigenvalue weighted by molar-refractivity contribution is 6.38. The van der Waals surface area contributed by atoms with Gasteiger partial charge in [0.15, 0.2) is 0 Å². The van der Waals surface area contributed by atoms with Crippen molar-refractivity contribution in [3.05, 3.63) is 94.8 Å². The first-order chi connectivity index (χ1) is 20.4. The minimum absolute atomic E-state index is 0.159. The maximum Gasteiger partial charge on any atom is 0.340 e. The molecular weight excluding hydrogens is 532 g/mol. The Morgan fingerprint density at radius 1 is 0.786 bits per heavy atom. The van der Waals surface area contributed by atoms with E-state index in [1.54, 1.807) is 31.2 Å². The molecule has 0 bridgehead atoms. The molecule has 9 heteroatoms. The third-order valence-electron chi connectivity index (χ3n) is 7.93. The molecule has 1 N–H and O–H groups in total. The van der Waals surface area contributed by atoms with Crippen LogP contribution in [-0.2, 0) is 11.2 Å². The third-order valence-corrected chi connectivity index (χ3v) is 7.93. The predicted octanol–water partition coefficient (Wildman–Crippen LogP) is 4.90. The average Bonchev–Trinajstić information content (AvgIpc) is 3.01. The van der Waals surface area contributed by atoms with Crippen molar-refractivity contribution >= 4 is 67.0 Å². The Morgan fingerprint density at radius 3 is 2.19 bits per heavy atom. The van der Waals surface area contributed by atoms with Crippen LogP contribution >= 0.6 is 0 Å². The SMILES string of the molecule is CCOC(=O)c1cnc2c3ccc4c5c(cnc(c6ccc(C(=O)NCCc7ccccc7)c1c62)c53)C(=O)N(C)C4=O. The number of carbonyl (C=O) groups is 4. The van der Waals surface area contributed by atoms with E-state index in [0.717, 1.165) is 10.5 Å². The van der Waals surface area contributed by atoms with Gasteiger partial charge >= 0.3 is 5.97 Å². The number of amides is 3. The lowest BCUT2D eigenvalue weighted by Gasteiger charge is -2.25. The Kier molecular flexibility index (Phi) is 5.83. The number of ether oxygens (including phenoxy) is 1. The molecule has 6 aromatic rings. The average molecular weight is 557 g/mol. The van der Waals surface area contributed by atoms with Gasteiger partial charge in [0, 0.05) is 69.4 Å². The zero-order valence-corrected chi connectivity index (χ0v) is 22.9. The first kappa shape index (κ1) is 25.5. The molecule has 1 aliphatic rings. The molecule has 0 fully saturated rings. The van der Waals surface area contributed by atoms with Crippen molar-refractivity contribution in [1.29, 1.82) is 0 Å². The van der Waals surface area contributed by atoms with Crippen LogP contribution in [0.4, 0.5) is 0 Å². The normalized spacial score (nSPS) is 13.0. The number of fused-ring (bicyclic) bond motifs is 2. The van der Waals surface area contributed by atoms with Crippen molar-refractivity contribution in [3.8, 4) is 0 Å². The molecule has 0 unspecified atom stereocenters. The van der Waals surface area contributed by atoms with Crippen molar-refractivity contribution in [2.24, 2.45) is 0 Å². The molecule has 0 spiro atoms. The topological polar surface area (TPSA) is 119 Å². The number of nitrogens with one attached hydrogen (secondary N) is 1. The highest BCUT2D eigenvalue weighted by Gasteiger charge is 2.33. The molecular formula is C33H24N4O5. The number of rotatable bonds is 6. The predicted molar refractivity (Wildman–Crippen MR) is 158 cm³/mol. The van der Waals surface area contributed by atoms with E-state index < -0.39 is 11.9 Å². The number of nitrogens with zero attached hydrogens (tertiary/aromatic N) is 3. The quantitative estimate of drug-likeness (QED) is 0.134. The Balaban J connectivity index is 1.48. The van der Waals surface area contributed by atoms with Crippen LogP contribution in [0, 0.1) is 0 Å². The van der Waals surface area contributed by atoms with Crippen LogP contribution in [-0.4, -0.2) is 58.8 Å². The lowest BCUT2D eigenvalue weighted by Crippen LogP contribution is -2.37. The van der Waals surface area contributed by atoms with Crippen LogP contribution < -0.4 is 5.32 Å². The van der Waals surface area contributed by atoms with Crippen LogP contribution in [0.5, 0.6) is 0 Å². The van der Waals surface area contributed by atoms with E-state index >= 15 is 0 Å². The lowest BCUT2D eigenvalue weighted by atomic mass is 9.87. The molecule has 7 rings (SSSR count). The maximum atomic E-state index is 13.6. The van der Waals surface area contributed by atoms with Gasteiger partial charge in [-0.05, 0) is 31.0 Å². The molecule has 0 aliphatic carbocycles. The van der Waals surface area contributed by atoms with E-state index in [9.17, 15) is 19.2 Å². The second-order valence-electron chi connectivity index (χ2n) is 10.2. The molecule has 0 radical (unpaired) electrons. The van der Waals surface area contributed by atoms with Crippen molar-refractivity contribution in [2.45, 2.75) is 13.3 Å². The van der Waals surface area contributed by atoms with E-state index in [-0.39, 0.29) is 24.0 Å². The molecule has 42 heavy (non-hydrogen) atoms. The number of esters is 1. The maximum absolute atomic E-state index is 13.6. The standard InChI is InChI=1S/C33H24N4O5/c1-3-42-33(41)23-16-36-28-19-10-12-21-25-22(32(40)37(2)31(21)39)15-35-29(27(19)25)18-9-11-20(24(23)26(18)28)30(38)34-14-13-17-7-5-4-6-8-17/h4-12,15-16H,3,13-14H2,1-2H3,(H,34,38). The van der Waals surface area contributed by atoms with Gasteiger partial charge in [0.05, 0.1) is 28.8 Å². The minimum Gasteiger partial charge on any atom is -0.462 e. The number of imide groups is 1. The van der Waals surface area contributed by atoms with Gasteiger partial charge in [-0.2, -0.15) is 0 Å². The van der Waals surface area contributed by atoms with Gasteiger partial charge in [-0.3, -0.25) is 29.3 Å². The summed E-state index contributed by atoms with van der Waals surface area (Å²) in [6.45, 7) is 2.28. The van der Waals surface area contributed by atoms with Gasteiger partial charge in [0.2, 0.25) is 0 Å². The molecule has 3 amide bonds. The van der Waals surface area contributed by atoms with Gasteiger partial charge < -0.3 is 10.1 Å². The summed E-state index contributed by atoms with van der Waals surface area (Å²) in [6.07, 6.45) is 3.56. The number of carbonyl (C=O) groups excluding carboxylic acids is 4. The van der Waals surface area contributed by atoms with Crippen LogP contribution in [0.3, 0.4) is 0 Å². The molecule has 0 saturated heterocycles. The third kappa shape index (κ3) is 3.63. The summed E-state index contributed by atoms with van der Waals surface area (Å²) >= 11 is 0. The van der Waals surface area contributed by atoms with E-state index in [1.165, 1.54) is 19.4 Å². The number of hydrogen-bond donors (Lipinski definition) is 1. The fourth-order valence-electron chi connectivity index (χ4n) is 5.98. The smallest absolute Gasteiger partial charge is 0.340 e. The Hall–Kier alpha value is -5.44. The summed E-state index contributed by atoms with van der Waals surface area (Å²) in [6, 6.07) is 16.8. The molecule has 3 heterocycles. The summed E-state index contributed by atoms with van der Waals surface area (Å²) in [5.41, 5.74) is 3.41. The Morgan fingerprint density at radius 2 is 1.45 bits per heavy atom. The van der Waals surface area contributed by atoms with Crippen molar-refractivity contribution in [3.63, 3.8) is 0 Å². The van der Waals surface area contributed by atoms with E-state index in [1.807, 2.05) is 30.3 Å². The van der Waals surface area contributed by atoms with Crippen LogP contribution in [0.15, 0.2) is 67.0 Å². The number of pyridine rings is 2. The van der Waals surface area contributed by atoms with Crippen molar-refractivity contribution in [2.75, 3.05) is 20.2 Å². The Bertz CT molecular complexity index is 2050. The highest BCUT2D eigenvalue weighted by Crippen LogP contribution is 2.43. The molecule has 2 aromatic heterocycles. The molecule has 0 saturated carbocycles. The van der Waals surface area contributed by atoms with Crippen molar-refractivity contribution in [1.82, 2.24) is 20.2 Å². The minimum atomic E-state index is -0.588. The molecule has 206 valence electrons. The fraction of sp³-hybridized carbons (Fsp3) is 0.152. The first-order valence-electron chi connectivity index (χ1n) is 13.6. The summed E-state index contributed by atoms with van der Waals surface area (Å²) in [5.74, 6) is -1.73. The van der Waals surface area contributed by atoms with Crippen LogP contribution in [0.2, 0.25) is 0 Å². The van der Waals surface area contributed by atoms with Crippen LogP contribution in [0.25, 0.3) is 43.4 Å². The van der Waals surface area contributed by atoms with Crippen LogP contribution in [0.1, 0.15) is 53.9 Å². The monoisotopic (exact) mass is 556 g/mol. The second kappa shape index (κ2) is 9.59. The van der Waals surface area contributed by atoms with Crippen molar-refractivity contribution < 1.29 is 23.9 Å². The van der Waals surface area contributed by atoms with E-state index in [0.29, 0.717) is 73.0 Å². The highest BCUT2D eigenvalue weighted by atomic mass is 16.5. The fourth-order valence-corrected chi connectivity index (χ4v) is 5.98. The first-order valence-corrected chi connectivity index (χ1v) is 13.6. The van der Waals surface area contributed by atoms with Gasteiger partial charge in [0.25, 0.3) is 17.7 Å². The number of benzene rings is 4. The zero-order valence-electron chi connectivity index (χ0n) is 22.9. The van der Waals surface area contributed by atoms with Gasteiger partial charge in [-0.1, -0.05) is 42.5 Å². The lowest BCUT2D eigenvalue weighted by molar-refractivity contribution is 0.0527. The summed E-state index contributed by atoms with van der Waals surface area (Å²) in [5, 5.41) is 6.48. The summed E-state index contributed by atoms with van der Waals surface area (Å²) < 4.78 is 5.35. The molecule has 4 aromatic carbocycles. The summed E-state index contributed by atoms with van der Waals surface area (Å²) in [4.78, 5) is 63.2. The summed E-state index contributed by atoms with van der Waals surface area (Å²) in [7, 11) is 1.45. The van der Waals surface area contributed by atoms with Gasteiger partial charge in [-0.25, -0.2) is 4.79 Å². The van der Waals surface area contributed by atoms with Gasteiger partial charge in [0.1, 0.15) is 0 Å². The molecule has 0 atom stereocenters. The van der Waals surface area contributed by atoms with E-state index in [4.69, 9.17) is 4.74 Å². The molecule has 1 aliphatic heterocycles.